The van der Waals surface area contributed by atoms with Crippen molar-refractivity contribution in [2.75, 3.05) is 43.1 Å². The van der Waals surface area contributed by atoms with E-state index in [1.807, 2.05) is 0 Å². The van der Waals surface area contributed by atoms with E-state index < -0.39 is 20.0 Å². The van der Waals surface area contributed by atoms with Crippen LogP contribution in [-0.2, 0) is 24.8 Å². The molecule has 29 heavy (non-hydrogen) atoms. The van der Waals surface area contributed by atoms with Crippen LogP contribution in [0.15, 0.2) is 41.3 Å². The summed E-state index contributed by atoms with van der Waals surface area (Å²) in [6.45, 7) is 2.53. The maximum atomic E-state index is 12.7. The van der Waals surface area contributed by atoms with Crippen molar-refractivity contribution < 1.29 is 31.0 Å². The van der Waals surface area contributed by atoms with E-state index in [0.717, 1.165) is 6.26 Å². The second-order valence-corrected chi connectivity index (χ2v) is 9.59. The van der Waals surface area contributed by atoms with E-state index >= 15 is 0 Å². The van der Waals surface area contributed by atoms with Gasteiger partial charge in [0.25, 0.3) is 10.0 Å². The highest BCUT2D eigenvalue weighted by molar-refractivity contribution is 7.92. The lowest BCUT2D eigenvalue weighted by atomic mass is 10.2. The molecule has 2 N–H and O–H groups in total. The molecule has 2 rings (SSSR count). The van der Waals surface area contributed by atoms with Gasteiger partial charge in [0.05, 0.1) is 36.2 Å². The van der Waals surface area contributed by atoms with Gasteiger partial charge in [-0.3, -0.25) is 9.44 Å². The Morgan fingerprint density at radius 2 is 1.62 bits per heavy atom. The molecule has 0 fully saturated rings. The van der Waals surface area contributed by atoms with Gasteiger partial charge in [-0.25, -0.2) is 16.8 Å². The molecule has 0 amide bonds. The van der Waals surface area contributed by atoms with Gasteiger partial charge in [0, 0.05) is 13.2 Å². The van der Waals surface area contributed by atoms with E-state index in [0.29, 0.717) is 24.5 Å². The molecule has 0 aromatic heterocycles. The van der Waals surface area contributed by atoms with Crippen molar-refractivity contribution in [1.82, 2.24) is 0 Å². The van der Waals surface area contributed by atoms with Crippen LogP contribution >= 0.6 is 0 Å². The molecule has 0 spiro atoms. The van der Waals surface area contributed by atoms with Gasteiger partial charge in [-0.15, -0.1) is 0 Å². The van der Waals surface area contributed by atoms with Crippen LogP contribution in [0.2, 0.25) is 0 Å². The molecule has 9 nitrogen and oxygen atoms in total. The largest absolute Gasteiger partial charge is 0.494 e. The molecule has 2 aromatic carbocycles. The Kier molecular flexibility index (Phi) is 7.33. The summed E-state index contributed by atoms with van der Waals surface area (Å²) in [7, 11) is -4.46. The van der Waals surface area contributed by atoms with Crippen LogP contribution in [0.4, 0.5) is 11.4 Å². The first-order chi connectivity index (χ1) is 13.6. The lowest BCUT2D eigenvalue weighted by Gasteiger charge is -2.14. The average molecular weight is 445 g/mol. The Balaban J connectivity index is 2.23. The second kappa shape index (κ2) is 9.33. The van der Waals surface area contributed by atoms with Gasteiger partial charge in [0.1, 0.15) is 18.1 Å². The fourth-order valence-corrected chi connectivity index (χ4v) is 4.14. The molecule has 0 saturated carbocycles. The summed E-state index contributed by atoms with van der Waals surface area (Å²) in [6, 6.07) is 8.76. The molecule has 160 valence electrons. The molecular formula is C18H24N2O7S2. The van der Waals surface area contributed by atoms with Crippen molar-refractivity contribution >= 4 is 31.4 Å². The van der Waals surface area contributed by atoms with Crippen LogP contribution in [0.3, 0.4) is 0 Å². The molecule has 0 aliphatic heterocycles. The molecule has 0 heterocycles. The highest BCUT2D eigenvalue weighted by Gasteiger charge is 2.17. The highest BCUT2D eigenvalue weighted by Crippen LogP contribution is 2.30. The number of methoxy groups -OCH3 is 2. The zero-order chi connectivity index (χ0) is 21.7. The maximum absolute atomic E-state index is 12.7. The van der Waals surface area contributed by atoms with Crippen LogP contribution in [0.1, 0.15) is 5.56 Å². The molecule has 2 aromatic rings. The summed E-state index contributed by atoms with van der Waals surface area (Å²) in [5.74, 6) is 0.743. The van der Waals surface area contributed by atoms with Crippen LogP contribution in [0.5, 0.6) is 11.5 Å². The molecule has 0 unspecified atom stereocenters. The Labute approximate surface area is 171 Å². The molecule has 0 bridgehead atoms. The maximum Gasteiger partial charge on any atom is 0.261 e. The van der Waals surface area contributed by atoms with E-state index in [-0.39, 0.29) is 22.0 Å². The van der Waals surface area contributed by atoms with E-state index in [9.17, 15) is 16.8 Å². The second-order valence-electron chi connectivity index (χ2n) is 6.16. The molecular weight excluding hydrogens is 420 g/mol. The monoisotopic (exact) mass is 444 g/mol. The number of sulfonamides is 2. The SMILES string of the molecule is COCCOc1ccc(S(=O)(=O)Nc2ccc(NS(C)(=O)=O)c(OC)c2)cc1C. The van der Waals surface area contributed by atoms with E-state index in [2.05, 4.69) is 9.44 Å². The van der Waals surface area contributed by atoms with Crippen molar-refractivity contribution in [2.24, 2.45) is 0 Å². The highest BCUT2D eigenvalue weighted by atomic mass is 32.2. The fraction of sp³-hybridized carbons (Fsp3) is 0.333. The van der Waals surface area contributed by atoms with Gasteiger partial charge in [0.2, 0.25) is 10.0 Å². The molecule has 0 aliphatic carbocycles. The summed E-state index contributed by atoms with van der Waals surface area (Å²) < 4.78 is 68.6. The number of hydrogen-bond donors (Lipinski definition) is 2. The summed E-state index contributed by atoms with van der Waals surface area (Å²) in [5, 5.41) is 0. The van der Waals surface area contributed by atoms with Gasteiger partial charge >= 0.3 is 0 Å². The summed E-state index contributed by atoms with van der Waals surface area (Å²) in [6.07, 6.45) is 1.01. The predicted octanol–water partition coefficient (Wildman–Crippen LogP) is 2.20. The molecule has 0 aliphatic rings. The Hall–Kier alpha value is -2.50. The first kappa shape index (κ1) is 22.8. The van der Waals surface area contributed by atoms with Gasteiger partial charge in [0.15, 0.2) is 0 Å². The minimum atomic E-state index is -3.88. The van der Waals surface area contributed by atoms with Gasteiger partial charge in [-0.05, 0) is 42.8 Å². The average Bonchev–Trinajstić information content (AvgIpc) is 2.63. The predicted molar refractivity (Wildman–Crippen MR) is 111 cm³/mol. The lowest BCUT2D eigenvalue weighted by Crippen LogP contribution is -2.14. The summed E-state index contributed by atoms with van der Waals surface area (Å²) in [5.41, 5.74) is 1.08. The lowest BCUT2D eigenvalue weighted by molar-refractivity contribution is 0.146. The number of nitrogens with one attached hydrogen (secondary N) is 2. The van der Waals surface area contributed by atoms with Crippen molar-refractivity contribution in [3.8, 4) is 11.5 Å². The Bertz CT molecular complexity index is 1070. The molecule has 0 saturated heterocycles. The Morgan fingerprint density at radius 1 is 0.897 bits per heavy atom. The zero-order valence-electron chi connectivity index (χ0n) is 16.6. The van der Waals surface area contributed by atoms with E-state index in [1.165, 1.54) is 37.4 Å². The number of anilines is 2. The van der Waals surface area contributed by atoms with Gasteiger partial charge in [-0.2, -0.15) is 0 Å². The summed E-state index contributed by atoms with van der Waals surface area (Å²) in [4.78, 5) is 0.0615. The van der Waals surface area contributed by atoms with Crippen molar-refractivity contribution in [2.45, 2.75) is 11.8 Å². The van der Waals surface area contributed by atoms with Gasteiger partial charge in [-0.1, -0.05) is 0 Å². The first-order valence-corrected chi connectivity index (χ1v) is 11.8. The van der Waals surface area contributed by atoms with Crippen LogP contribution in [0, 0.1) is 6.92 Å². The number of aryl methyl sites for hydroxylation is 1. The minimum absolute atomic E-state index is 0.0615. The normalized spacial score (nSPS) is 11.7. The minimum Gasteiger partial charge on any atom is -0.494 e. The van der Waals surface area contributed by atoms with E-state index in [1.54, 1.807) is 20.1 Å². The van der Waals surface area contributed by atoms with Crippen LogP contribution in [-0.4, -0.2) is 50.5 Å². The van der Waals surface area contributed by atoms with Crippen LogP contribution in [0.25, 0.3) is 0 Å². The third-order valence-electron chi connectivity index (χ3n) is 3.75. The van der Waals surface area contributed by atoms with E-state index in [4.69, 9.17) is 14.2 Å². The fourth-order valence-electron chi connectivity index (χ4n) is 2.44. The van der Waals surface area contributed by atoms with Crippen molar-refractivity contribution in [1.29, 1.82) is 0 Å². The van der Waals surface area contributed by atoms with Gasteiger partial charge < -0.3 is 14.2 Å². The third-order valence-corrected chi connectivity index (χ3v) is 5.72. The number of benzene rings is 2. The smallest absolute Gasteiger partial charge is 0.261 e. The Morgan fingerprint density at radius 3 is 2.21 bits per heavy atom. The quantitative estimate of drug-likeness (QED) is 0.539. The number of rotatable bonds is 10. The summed E-state index contributed by atoms with van der Waals surface area (Å²) >= 11 is 0. The number of hydrogen-bond acceptors (Lipinski definition) is 7. The third kappa shape index (κ3) is 6.51. The topological polar surface area (TPSA) is 120 Å². The van der Waals surface area contributed by atoms with Crippen molar-refractivity contribution in [3.05, 3.63) is 42.0 Å². The van der Waals surface area contributed by atoms with Crippen LogP contribution < -0.4 is 18.9 Å². The molecule has 11 heteroatoms. The standard InChI is InChI=1S/C18H24N2O7S2/c1-13-11-15(6-8-17(13)27-10-9-25-2)29(23,24)19-14-5-7-16(18(12-14)26-3)20-28(4,21)22/h5-8,11-12,19-20H,9-10H2,1-4H3. The zero-order valence-corrected chi connectivity index (χ0v) is 18.2. The number of ether oxygens (including phenoxy) is 3. The first-order valence-electron chi connectivity index (χ1n) is 8.47. The molecule has 0 radical (unpaired) electrons. The molecule has 0 atom stereocenters. The van der Waals surface area contributed by atoms with Crippen molar-refractivity contribution in [3.63, 3.8) is 0 Å².